The number of hydrogen-bond donors (Lipinski definition) is 3. The molecule has 0 spiro atoms. The molecule has 50 heavy (non-hydrogen) atoms. The first-order valence-electron chi connectivity index (χ1n) is 18.0. The number of hydrogen-bond acceptors (Lipinski definition) is 6. The van der Waals surface area contributed by atoms with Crippen LogP contribution in [0.2, 0.25) is 5.02 Å². The van der Waals surface area contributed by atoms with E-state index in [1.807, 2.05) is 35.2 Å². The Hall–Kier alpha value is -4.27. The molecule has 3 aromatic rings. The van der Waals surface area contributed by atoms with E-state index in [-0.39, 0.29) is 30.1 Å². The van der Waals surface area contributed by atoms with Gasteiger partial charge in [-0.15, -0.1) is 11.5 Å². The number of aromatic amines is 1. The normalized spacial score (nSPS) is 23.8. The van der Waals surface area contributed by atoms with Crippen molar-refractivity contribution in [2.75, 3.05) is 39.0 Å². The number of benzene rings is 2. The highest BCUT2D eigenvalue weighted by molar-refractivity contribution is 6.33. The van der Waals surface area contributed by atoms with Crippen molar-refractivity contribution < 1.29 is 9.59 Å². The van der Waals surface area contributed by atoms with Crippen molar-refractivity contribution >= 4 is 29.2 Å². The van der Waals surface area contributed by atoms with Gasteiger partial charge in [0.25, 0.3) is 0 Å². The standard InChI is InChI=1S/C38H47ClN8O3/c1-3-25-19-24(20-32(39)34(25)40)21-33(36(48)45-15-11-26(12-16-45)28-22-30-9-10-31(23-28)44(30)2)41-37(49)46-17-13-29(14-18-46)47-38(50)42-35(43-47)27-7-5-4-6-8-27/h1,4-8,19-20,26,28-31,33H,9-18,21-23,40H2,2H3,(H,41,49)(H,42,43,50)/t28?,30?,31?,33-/m1/s1. The van der Waals surface area contributed by atoms with Crippen LogP contribution < -0.4 is 16.7 Å². The summed E-state index contributed by atoms with van der Waals surface area (Å²) in [5, 5.41) is 7.96. The number of nitrogens with one attached hydrogen (secondary N) is 2. The van der Waals surface area contributed by atoms with E-state index in [2.05, 4.69) is 33.3 Å². The molecule has 3 amide bonds. The molecule has 2 bridgehead atoms. The van der Waals surface area contributed by atoms with E-state index in [1.165, 1.54) is 30.4 Å². The maximum absolute atomic E-state index is 14.2. The third-order valence-corrected chi connectivity index (χ3v) is 12.1. The maximum Gasteiger partial charge on any atom is 0.343 e. The van der Waals surface area contributed by atoms with E-state index in [0.717, 1.165) is 29.9 Å². The minimum Gasteiger partial charge on any atom is -0.397 e. The predicted octanol–water partition coefficient (Wildman–Crippen LogP) is 4.52. The summed E-state index contributed by atoms with van der Waals surface area (Å²) in [4.78, 5) is 49.8. The first kappa shape index (κ1) is 34.2. The van der Waals surface area contributed by atoms with Crippen LogP contribution in [0.15, 0.2) is 47.3 Å². The topological polar surface area (TPSA) is 133 Å². The highest BCUT2D eigenvalue weighted by Crippen LogP contribution is 2.43. The summed E-state index contributed by atoms with van der Waals surface area (Å²) in [7, 11) is 2.28. The summed E-state index contributed by atoms with van der Waals surface area (Å²) < 4.78 is 1.50. The molecule has 3 atom stereocenters. The first-order chi connectivity index (χ1) is 24.2. The van der Waals surface area contributed by atoms with Crippen molar-refractivity contribution in [3.8, 4) is 23.7 Å². The van der Waals surface area contributed by atoms with Gasteiger partial charge >= 0.3 is 11.7 Å². The second kappa shape index (κ2) is 14.5. The van der Waals surface area contributed by atoms with Gasteiger partial charge in [0.05, 0.1) is 16.8 Å². The SMILES string of the molecule is C#Cc1cc(C[C@@H](NC(=O)N2CCC(n3nc(-c4ccccc4)[nH]c3=O)CC2)C(=O)N2CCC(C3CC4CCC(C3)N4C)CC2)cc(Cl)c1N. The number of nitrogens with zero attached hydrogens (tertiary/aromatic N) is 5. The van der Waals surface area contributed by atoms with Crippen LogP contribution in [0, 0.1) is 24.2 Å². The molecule has 4 N–H and O–H groups in total. The lowest BCUT2D eigenvalue weighted by atomic mass is 9.76. The number of amides is 3. The number of likely N-dealkylation sites (tertiary alicyclic amines) is 2. The van der Waals surface area contributed by atoms with Gasteiger partial charge in [0.15, 0.2) is 5.82 Å². The molecule has 5 heterocycles. The maximum atomic E-state index is 14.2. The number of nitrogen functional groups attached to an aromatic ring is 1. The number of terminal acetylenes is 1. The smallest absolute Gasteiger partial charge is 0.343 e. The lowest BCUT2D eigenvalue weighted by molar-refractivity contribution is -0.135. The van der Waals surface area contributed by atoms with E-state index in [9.17, 15) is 14.4 Å². The number of fused-ring (bicyclic) bond motifs is 2. The van der Waals surface area contributed by atoms with Gasteiger partial charge in [0.1, 0.15) is 6.04 Å². The Morgan fingerprint density at radius 3 is 2.30 bits per heavy atom. The minimum atomic E-state index is -0.802. The molecular formula is C38H47ClN8O3. The minimum absolute atomic E-state index is 0.0955. The van der Waals surface area contributed by atoms with Crippen LogP contribution in [0.4, 0.5) is 10.5 Å². The summed E-state index contributed by atoms with van der Waals surface area (Å²) in [5.41, 5.74) is 8.18. The summed E-state index contributed by atoms with van der Waals surface area (Å²) >= 11 is 6.43. The average Bonchev–Trinajstić information content (AvgIpc) is 3.60. The van der Waals surface area contributed by atoms with Crippen LogP contribution in [0.25, 0.3) is 11.4 Å². The Morgan fingerprint density at radius 1 is 0.980 bits per heavy atom. The number of piperidine rings is 3. The summed E-state index contributed by atoms with van der Waals surface area (Å²) in [5.74, 6) is 4.36. The van der Waals surface area contributed by atoms with E-state index in [1.54, 1.807) is 17.0 Å². The number of H-pyrrole nitrogens is 1. The van der Waals surface area contributed by atoms with Gasteiger partial charge in [0.2, 0.25) is 5.91 Å². The van der Waals surface area contributed by atoms with Gasteiger partial charge in [0, 0.05) is 55.8 Å². The second-order valence-corrected chi connectivity index (χ2v) is 15.0. The number of carbonyl (C=O) groups is 2. The van der Waals surface area contributed by atoms with E-state index < -0.39 is 6.04 Å². The number of urea groups is 1. The van der Waals surface area contributed by atoms with Crippen LogP contribution in [-0.4, -0.2) is 92.8 Å². The van der Waals surface area contributed by atoms with Crippen molar-refractivity contribution in [2.45, 2.75) is 82.0 Å². The van der Waals surface area contributed by atoms with Gasteiger partial charge < -0.3 is 25.8 Å². The zero-order valence-electron chi connectivity index (χ0n) is 28.7. The predicted molar refractivity (Wildman–Crippen MR) is 195 cm³/mol. The summed E-state index contributed by atoms with van der Waals surface area (Å²) in [6, 6.07) is 13.2. The molecule has 2 unspecified atom stereocenters. The van der Waals surface area contributed by atoms with Crippen molar-refractivity contribution in [1.82, 2.24) is 34.8 Å². The Bertz CT molecular complexity index is 1790. The van der Waals surface area contributed by atoms with Crippen molar-refractivity contribution in [1.29, 1.82) is 0 Å². The van der Waals surface area contributed by atoms with E-state index in [4.69, 9.17) is 23.8 Å². The molecule has 11 nitrogen and oxygen atoms in total. The summed E-state index contributed by atoms with van der Waals surface area (Å²) in [6.07, 6.45) is 14.2. The van der Waals surface area contributed by atoms with Crippen LogP contribution in [0.3, 0.4) is 0 Å². The molecule has 4 saturated heterocycles. The van der Waals surface area contributed by atoms with Gasteiger partial charge in [-0.05, 0) is 87.9 Å². The third kappa shape index (κ3) is 7.01. The van der Waals surface area contributed by atoms with E-state index >= 15 is 0 Å². The van der Waals surface area contributed by atoms with E-state index in [0.29, 0.717) is 79.1 Å². The first-order valence-corrected chi connectivity index (χ1v) is 18.4. The van der Waals surface area contributed by atoms with Crippen LogP contribution in [0.1, 0.15) is 68.5 Å². The van der Waals surface area contributed by atoms with Gasteiger partial charge in [-0.2, -0.15) is 0 Å². The molecule has 264 valence electrons. The second-order valence-electron chi connectivity index (χ2n) is 14.6. The molecule has 2 aromatic carbocycles. The monoisotopic (exact) mass is 698 g/mol. The molecule has 4 aliphatic heterocycles. The summed E-state index contributed by atoms with van der Waals surface area (Å²) in [6.45, 7) is 2.22. The third-order valence-electron chi connectivity index (χ3n) is 11.8. The van der Waals surface area contributed by atoms with Crippen molar-refractivity contribution in [2.24, 2.45) is 11.8 Å². The molecule has 7 rings (SSSR count). The van der Waals surface area contributed by atoms with Gasteiger partial charge in [-0.1, -0.05) is 47.9 Å². The molecule has 0 radical (unpaired) electrons. The molecular weight excluding hydrogens is 652 g/mol. The molecule has 0 aliphatic carbocycles. The number of halogens is 1. The van der Waals surface area contributed by atoms with Gasteiger partial charge in [-0.25, -0.2) is 14.3 Å². The fourth-order valence-electron chi connectivity index (χ4n) is 8.86. The zero-order chi connectivity index (χ0) is 34.9. The molecule has 0 saturated carbocycles. The Labute approximate surface area is 298 Å². The number of anilines is 1. The Morgan fingerprint density at radius 2 is 1.64 bits per heavy atom. The number of rotatable bonds is 7. The number of carbonyl (C=O) groups excluding carboxylic acids is 2. The molecule has 4 fully saturated rings. The fourth-order valence-corrected chi connectivity index (χ4v) is 9.10. The number of aromatic nitrogens is 3. The number of nitrogens with two attached hydrogens (primary N) is 1. The van der Waals surface area contributed by atoms with Gasteiger partial charge in [-0.3, -0.25) is 9.78 Å². The highest BCUT2D eigenvalue weighted by Gasteiger charge is 2.42. The molecule has 1 aromatic heterocycles. The zero-order valence-corrected chi connectivity index (χ0v) is 29.4. The quantitative estimate of drug-likeness (QED) is 0.246. The highest BCUT2D eigenvalue weighted by atomic mass is 35.5. The molecule has 12 heteroatoms. The lowest BCUT2D eigenvalue weighted by Gasteiger charge is -2.43. The van der Waals surface area contributed by atoms with Crippen molar-refractivity contribution in [3.05, 3.63) is 69.1 Å². The Kier molecular flexibility index (Phi) is 9.94. The Balaban J connectivity index is 1.01. The largest absolute Gasteiger partial charge is 0.397 e. The van der Waals surface area contributed by atoms with Crippen LogP contribution in [-0.2, 0) is 11.2 Å². The molecule has 4 aliphatic rings. The van der Waals surface area contributed by atoms with Crippen molar-refractivity contribution in [3.63, 3.8) is 0 Å². The van der Waals surface area contributed by atoms with Crippen LogP contribution >= 0.6 is 11.6 Å². The average molecular weight is 699 g/mol. The van der Waals surface area contributed by atoms with Crippen LogP contribution in [0.5, 0.6) is 0 Å². The fraction of sp³-hybridized carbons (Fsp3) is 0.526. The lowest BCUT2D eigenvalue weighted by Crippen LogP contribution is -2.55.